The molecule has 1 aliphatic heterocycles. The van der Waals surface area contributed by atoms with Crippen LogP contribution in [0.5, 0.6) is 0 Å². The first-order chi connectivity index (χ1) is 14.8. The molecule has 0 unspecified atom stereocenters. The number of hydrogen-bond donors (Lipinski definition) is 1. The first-order valence-corrected chi connectivity index (χ1v) is 10.8. The van der Waals surface area contributed by atoms with Crippen molar-refractivity contribution in [2.75, 3.05) is 12.3 Å². The molecule has 1 fully saturated rings. The van der Waals surface area contributed by atoms with Gasteiger partial charge in [-0.05, 0) is 43.7 Å². The van der Waals surface area contributed by atoms with Crippen molar-refractivity contribution in [3.05, 3.63) is 66.0 Å². The van der Waals surface area contributed by atoms with Gasteiger partial charge in [0.1, 0.15) is 11.4 Å². The van der Waals surface area contributed by atoms with Crippen molar-refractivity contribution in [2.24, 2.45) is 0 Å². The lowest BCUT2D eigenvalue weighted by atomic mass is 10.1. The van der Waals surface area contributed by atoms with Gasteiger partial charge in [-0.1, -0.05) is 42.1 Å². The molecule has 1 saturated heterocycles. The summed E-state index contributed by atoms with van der Waals surface area (Å²) in [5, 5.41) is 12.0. The highest BCUT2D eigenvalue weighted by Crippen LogP contribution is 2.26. The van der Waals surface area contributed by atoms with Gasteiger partial charge in [0, 0.05) is 17.9 Å². The fraction of sp³-hybridized carbons (Fsp3) is 0.273. The van der Waals surface area contributed by atoms with Crippen molar-refractivity contribution in [3.8, 4) is 11.4 Å². The van der Waals surface area contributed by atoms with E-state index in [0.717, 1.165) is 11.1 Å². The monoisotopic (exact) mass is 439 g/mol. The third-order valence-electron chi connectivity index (χ3n) is 4.99. The largest absolute Gasteiger partial charge is 0.325 e. The average molecular weight is 440 g/mol. The first-order valence-electron chi connectivity index (χ1n) is 9.85. The molecule has 1 N–H and O–H groups in total. The molecule has 9 heteroatoms. The van der Waals surface area contributed by atoms with Crippen LogP contribution in [0.2, 0.25) is 0 Å². The van der Waals surface area contributed by atoms with Gasteiger partial charge < -0.3 is 5.32 Å². The number of aromatic nitrogens is 3. The number of imide groups is 1. The van der Waals surface area contributed by atoms with Gasteiger partial charge in [-0.3, -0.25) is 14.3 Å². The Labute approximate surface area is 183 Å². The molecular weight excluding hydrogens is 417 g/mol. The highest BCUT2D eigenvalue weighted by atomic mass is 32.2. The molecule has 31 heavy (non-hydrogen) atoms. The Bertz CT molecular complexity index is 1100. The summed E-state index contributed by atoms with van der Waals surface area (Å²) < 4.78 is 15.3. The van der Waals surface area contributed by atoms with E-state index in [1.807, 2.05) is 34.9 Å². The predicted molar refractivity (Wildman–Crippen MR) is 116 cm³/mol. The third-order valence-corrected chi connectivity index (χ3v) is 5.94. The summed E-state index contributed by atoms with van der Waals surface area (Å²) in [6.45, 7) is 4.18. The summed E-state index contributed by atoms with van der Waals surface area (Å²) in [6.07, 6.45) is 0. The van der Waals surface area contributed by atoms with Crippen LogP contribution in [0, 0.1) is 5.82 Å². The SMILES string of the molecule is CC1(C)NC(=O)N(CCSc2nnc(-c3ccc(F)cc3)n2Cc2ccccc2)C1=O. The molecule has 2 heterocycles. The number of nitrogens with one attached hydrogen (secondary N) is 1. The number of thioether (sulfide) groups is 1. The Morgan fingerprint density at radius 3 is 2.39 bits per heavy atom. The van der Waals surface area contributed by atoms with Gasteiger partial charge in [0.05, 0.1) is 6.54 Å². The van der Waals surface area contributed by atoms with Crippen LogP contribution in [0.15, 0.2) is 59.8 Å². The highest BCUT2D eigenvalue weighted by Gasteiger charge is 2.43. The number of halogens is 1. The number of carbonyl (C=O) groups excluding carboxylic acids is 2. The maximum Gasteiger partial charge on any atom is 0.325 e. The van der Waals surface area contributed by atoms with E-state index in [1.165, 1.54) is 28.8 Å². The molecule has 3 aromatic rings. The minimum Gasteiger partial charge on any atom is -0.324 e. The molecule has 0 spiro atoms. The second-order valence-corrected chi connectivity index (χ2v) is 8.81. The van der Waals surface area contributed by atoms with Gasteiger partial charge in [-0.2, -0.15) is 0 Å². The molecule has 1 aliphatic rings. The maximum atomic E-state index is 13.4. The van der Waals surface area contributed by atoms with Crippen molar-refractivity contribution in [1.82, 2.24) is 25.0 Å². The van der Waals surface area contributed by atoms with Crippen molar-refractivity contribution >= 4 is 23.7 Å². The van der Waals surface area contributed by atoms with Gasteiger partial charge in [-0.25, -0.2) is 9.18 Å². The number of benzene rings is 2. The van der Waals surface area contributed by atoms with Crippen molar-refractivity contribution in [3.63, 3.8) is 0 Å². The van der Waals surface area contributed by atoms with Crippen LogP contribution in [0.4, 0.5) is 9.18 Å². The van der Waals surface area contributed by atoms with E-state index < -0.39 is 5.54 Å². The first kappa shape index (κ1) is 21.0. The van der Waals surface area contributed by atoms with Crippen molar-refractivity contribution in [1.29, 1.82) is 0 Å². The zero-order chi connectivity index (χ0) is 22.0. The Balaban J connectivity index is 1.55. The van der Waals surface area contributed by atoms with Crippen LogP contribution in [0.25, 0.3) is 11.4 Å². The van der Waals surface area contributed by atoms with Crippen LogP contribution < -0.4 is 5.32 Å². The molecule has 0 atom stereocenters. The van der Waals surface area contributed by atoms with Crippen LogP contribution in [0.3, 0.4) is 0 Å². The van der Waals surface area contributed by atoms with Gasteiger partial charge in [-0.15, -0.1) is 10.2 Å². The second-order valence-electron chi connectivity index (χ2n) is 7.75. The van der Waals surface area contributed by atoms with E-state index in [2.05, 4.69) is 15.5 Å². The summed E-state index contributed by atoms with van der Waals surface area (Å²) in [4.78, 5) is 25.7. The van der Waals surface area contributed by atoms with Gasteiger partial charge in [0.25, 0.3) is 5.91 Å². The lowest BCUT2D eigenvalue weighted by molar-refractivity contribution is -0.130. The van der Waals surface area contributed by atoms with Gasteiger partial charge in [0.2, 0.25) is 0 Å². The zero-order valence-electron chi connectivity index (χ0n) is 17.2. The molecule has 4 rings (SSSR count). The van der Waals surface area contributed by atoms with Crippen LogP contribution >= 0.6 is 11.8 Å². The van der Waals surface area contributed by atoms with E-state index >= 15 is 0 Å². The van der Waals surface area contributed by atoms with E-state index in [4.69, 9.17) is 0 Å². The Hall–Kier alpha value is -3.20. The van der Waals surface area contributed by atoms with Gasteiger partial charge >= 0.3 is 6.03 Å². The Morgan fingerprint density at radius 1 is 1.03 bits per heavy atom. The number of rotatable bonds is 7. The fourth-order valence-electron chi connectivity index (χ4n) is 3.37. The fourth-order valence-corrected chi connectivity index (χ4v) is 4.23. The predicted octanol–water partition coefficient (Wildman–Crippen LogP) is 3.56. The standard InChI is InChI=1S/C22H22FN5O2S/c1-22(2)19(29)27(20(30)24-22)12-13-31-21-26-25-18(16-8-10-17(23)11-9-16)28(21)14-15-6-4-3-5-7-15/h3-11H,12-14H2,1-2H3,(H,24,30). The lowest BCUT2D eigenvalue weighted by Crippen LogP contribution is -2.40. The number of urea groups is 1. The molecule has 0 saturated carbocycles. The second kappa shape index (κ2) is 8.50. The van der Waals surface area contributed by atoms with E-state index in [9.17, 15) is 14.0 Å². The Kier molecular flexibility index (Phi) is 5.77. The van der Waals surface area contributed by atoms with Crippen LogP contribution in [0.1, 0.15) is 19.4 Å². The summed E-state index contributed by atoms with van der Waals surface area (Å²) in [5.74, 6) is 0.549. The van der Waals surface area contributed by atoms with E-state index in [-0.39, 0.29) is 24.3 Å². The molecule has 3 amide bonds. The number of nitrogens with zero attached hydrogens (tertiary/aromatic N) is 4. The molecule has 7 nitrogen and oxygen atoms in total. The molecule has 0 bridgehead atoms. The molecule has 0 aliphatic carbocycles. The Morgan fingerprint density at radius 2 is 1.74 bits per heavy atom. The maximum absolute atomic E-state index is 13.4. The van der Waals surface area contributed by atoms with E-state index in [1.54, 1.807) is 26.0 Å². The quantitative estimate of drug-likeness (QED) is 0.450. The van der Waals surface area contributed by atoms with E-state index in [0.29, 0.717) is 23.3 Å². The average Bonchev–Trinajstić information content (AvgIpc) is 3.22. The summed E-state index contributed by atoms with van der Waals surface area (Å²) in [7, 11) is 0. The minimum absolute atomic E-state index is 0.240. The molecule has 160 valence electrons. The van der Waals surface area contributed by atoms with Crippen molar-refractivity contribution < 1.29 is 14.0 Å². The van der Waals surface area contributed by atoms with Gasteiger partial charge in [0.15, 0.2) is 11.0 Å². The minimum atomic E-state index is -0.884. The summed E-state index contributed by atoms with van der Waals surface area (Å²) >= 11 is 1.42. The molecule has 1 aromatic heterocycles. The van der Waals surface area contributed by atoms with Crippen molar-refractivity contribution in [2.45, 2.75) is 31.1 Å². The topological polar surface area (TPSA) is 80.1 Å². The number of carbonyl (C=O) groups is 2. The smallest absolute Gasteiger partial charge is 0.324 e. The molecule has 2 aromatic carbocycles. The number of amides is 3. The lowest BCUT2D eigenvalue weighted by Gasteiger charge is -2.16. The zero-order valence-corrected chi connectivity index (χ0v) is 18.0. The summed E-state index contributed by atoms with van der Waals surface area (Å²) in [5.41, 5.74) is 0.945. The van der Waals surface area contributed by atoms with Crippen LogP contribution in [-0.4, -0.2) is 49.4 Å². The normalized spacial score (nSPS) is 15.4. The number of hydrogen-bond acceptors (Lipinski definition) is 5. The van der Waals surface area contributed by atoms with Crippen LogP contribution in [-0.2, 0) is 11.3 Å². The summed E-state index contributed by atoms with van der Waals surface area (Å²) in [6, 6.07) is 15.6. The highest BCUT2D eigenvalue weighted by molar-refractivity contribution is 7.99. The molecular formula is C22H22FN5O2S. The third kappa shape index (κ3) is 4.46. The molecule has 0 radical (unpaired) electrons.